The van der Waals surface area contributed by atoms with Gasteiger partial charge in [0, 0.05) is 30.4 Å². The van der Waals surface area contributed by atoms with Gasteiger partial charge in [0.25, 0.3) is 0 Å². The van der Waals surface area contributed by atoms with Crippen LogP contribution in [-0.2, 0) is 23.1 Å². The van der Waals surface area contributed by atoms with Gasteiger partial charge in [0.2, 0.25) is 10.0 Å². The summed E-state index contributed by atoms with van der Waals surface area (Å²) in [4.78, 5) is 5.27. The lowest BCUT2D eigenvalue weighted by molar-refractivity contribution is 0.403. The van der Waals surface area contributed by atoms with E-state index in [0.29, 0.717) is 12.2 Å². The summed E-state index contributed by atoms with van der Waals surface area (Å²) in [6.07, 6.45) is 4.80. The molecule has 0 aliphatic rings. The molecular formula is C18H16N6O2S2. The second-order valence-electron chi connectivity index (χ2n) is 5.96. The Labute approximate surface area is 166 Å². The van der Waals surface area contributed by atoms with Crippen LogP contribution in [0.1, 0.15) is 10.4 Å². The minimum absolute atomic E-state index is 0.213. The first-order valence-electron chi connectivity index (χ1n) is 8.38. The van der Waals surface area contributed by atoms with E-state index in [-0.39, 0.29) is 11.4 Å². The molecule has 0 bridgehead atoms. The van der Waals surface area contributed by atoms with Gasteiger partial charge in [-0.2, -0.15) is 4.31 Å². The fourth-order valence-corrected chi connectivity index (χ4v) is 4.90. The van der Waals surface area contributed by atoms with E-state index in [1.165, 1.54) is 26.7 Å². The van der Waals surface area contributed by atoms with Crippen molar-refractivity contribution in [1.29, 1.82) is 0 Å². The molecule has 4 rings (SSSR count). The molecule has 0 aliphatic heterocycles. The number of tetrazole rings is 1. The van der Waals surface area contributed by atoms with Crippen LogP contribution in [0.25, 0.3) is 5.69 Å². The van der Waals surface area contributed by atoms with Gasteiger partial charge in [-0.3, -0.25) is 4.98 Å². The Morgan fingerprint density at radius 3 is 2.54 bits per heavy atom. The molecule has 142 valence electrons. The molecule has 0 spiro atoms. The van der Waals surface area contributed by atoms with Crippen molar-refractivity contribution < 1.29 is 8.42 Å². The van der Waals surface area contributed by atoms with E-state index < -0.39 is 10.0 Å². The minimum atomic E-state index is -3.71. The zero-order chi connectivity index (χ0) is 19.4. The maximum absolute atomic E-state index is 13.3. The summed E-state index contributed by atoms with van der Waals surface area (Å²) >= 11 is 1.53. The summed E-state index contributed by atoms with van der Waals surface area (Å²) in [5, 5.41) is 12.9. The highest BCUT2D eigenvalue weighted by Gasteiger charge is 2.25. The predicted octanol–water partition coefficient (Wildman–Crippen LogP) is 2.51. The fraction of sp³-hybridized carbons (Fsp3) is 0.111. The molecule has 0 unspecified atom stereocenters. The number of pyridine rings is 1. The van der Waals surface area contributed by atoms with E-state index in [0.717, 1.165) is 10.4 Å². The molecule has 0 aliphatic carbocycles. The van der Waals surface area contributed by atoms with Crippen molar-refractivity contribution >= 4 is 21.4 Å². The highest BCUT2D eigenvalue weighted by Crippen LogP contribution is 2.23. The quantitative estimate of drug-likeness (QED) is 0.463. The van der Waals surface area contributed by atoms with Crippen LogP contribution in [0.2, 0.25) is 0 Å². The fourth-order valence-electron chi connectivity index (χ4n) is 2.70. The van der Waals surface area contributed by atoms with E-state index in [2.05, 4.69) is 20.5 Å². The average molecular weight is 413 g/mol. The molecule has 0 atom stereocenters. The molecular weight excluding hydrogens is 396 g/mol. The third kappa shape index (κ3) is 3.98. The number of rotatable bonds is 7. The SMILES string of the molecule is O=S(=O)(c1ccc(-n2cnnn2)cc1)N(Cc1cccnc1)Cc1cccs1. The number of nitrogens with zero attached hydrogens (tertiary/aromatic N) is 6. The van der Waals surface area contributed by atoms with Gasteiger partial charge in [0.1, 0.15) is 6.33 Å². The van der Waals surface area contributed by atoms with Gasteiger partial charge in [0.05, 0.1) is 10.6 Å². The number of aromatic nitrogens is 5. The van der Waals surface area contributed by atoms with Crippen LogP contribution in [0, 0.1) is 0 Å². The third-order valence-electron chi connectivity index (χ3n) is 4.08. The second kappa shape index (κ2) is 7.97. The van der Waals surface area contributed by atoms with Gasteiger partial charge in [-0.05, 0) is 57.8 Å². The normalized spacial score (nSPS) is 11.8. The molecule has 0 saturated carbocycles. The monoisotopic (exact) mass is 412 g/mol. The summed E-state index contributed by atoms with van der Waals surface area (Å²) in [5.41, 5.74) is 1.51. The lowest BCUT2D eigenvalue weighted by Crippen LogP contribution is -2.30. The van der Waals surface area contributed by atoms with Gasteiger partial charge in [-0.1, -0.05) is 12.1 Å². The van der Waals surface area contributed by atoms with E-state index in [1.54, 1.807) is 42.7 Å². The van der Waals surface area contributed by atoms with Gasteiger partial charge >= 0.3 is 0 Å². The van der Waals surface area contributed by atoms with Crippen LogP contribution in [0.4, 0.5) is 0 Å². The summed E-state index contributed by atoms with van der Waals surface area (Å²) in [6, 6.07) is 14.0. The molecule has 8 nitrogen and oxygen atoms in total. The second-order valence-corrected chi connectivity index (χ2v) is 8.93. The maximum atomic E-state index is 13.3. The van der Waals surface area contributed by atoms with Crippen LogP contribution in [-0.4, -0.2) is 37.9 Å². The molecule has 28 heavy (non-hydrogen) atoms. The standard InChI is InChI=1S/C18H16N6O2S2/c25-28(26,18-7-5-16(6-8-18)24-14-20-21-22-24)23(13-17-4-2-10-27-17)12-15-3-1-9-19-11-15/h1-11,14H,12-13H2. The number of benzene rings is 1. The van der Waals surface area contributed by atoms with E-state index in [4.69, 9.17) is 0 Å². The van der Waals surface area contributed by atoms with Gasteiger partial charge in [0.15, 0.2) is 0 Å². The third-order valence-corrected chi connectivity index (χ3v) is 6.75. The molecule has 3 heterocycles. The summed E-state index contributed by atoms with van der Waals surface area (Å²) in [7, 11) is -3.71. The van der Waals surface area contributed by atoms with Crippen LogP contribution in [0.5, 0.6) is 0 Å². The molecule has 0 fully saturated rings. The Morgan fingerprint density at radius 2 is 1.89 bits per heavy atom. The Morgan fingerprint density at radius 1 is 1.04 bits per heavy atom. The van der Waals surface area contributed by atoms with Crippen molar-refractivity contribution in [1.82, 2.24) is 29.5 Å². The number of thiophene rings is 1. The molecule has 0 amide bonds. The summed E-state index contributed by atoms with van der Waals surface area (Å²) in [5.74, 6) is 0. The average Bonchev–Trinajstić information content (AvgIpc) is 3.43. The number of hydrogen-bond donors (Lipinski definition) is 0. The summed E-state index contributed by atoms with van der Waals surface area (Å²) in [6.45, 7) is 0.534. The molecule has 0 radical (unpaired) electrons. The molecule has 1 aromatic carbocycles. The van der Waals surface area contributed by atoms with Crippen LogP contribution in [0.15, 0.2) is 77.5 Å². The number of sulfonamides is 1. The Balaban J connectivity index is 1.65. The zero-order valence-corrected chi connectivity index (χ0v) is 16.3. The largest absolute Gasteiger partial charge is 0.264 e. The predicted molar refractivity (Wildman–Crippen MR) is 104 cm³/mol. The van der Waals surface area contributed by atoms with E-state index >= 15 is 0 Å². The lowest BCUT2D eigenvalue weighted by atomic mass is 10.3. The van der Waals surface area contributed by atoms with E-state index in [1.807, 2.05) is 23.6 Å². The van der Waals surface area contributed by atoms with Crippen molar-refractivity contribution in [3.63, 3.8) is 0 Å². The molecule has 0 saturated heterocycles. The first-order chi connectivity index (χ1) is 13.6. The van der Waals surface area contributed by atoms with Crippen molar-refractivity contribution in [2.45, 2.75) is 18.0 Å². The number of hydrogen-bond acceptors (Lipinski definition) is 7. The smallest absolute Gasteiger partial charge is 0.243 e. The van der Waals surface area contributed by atoms with Crippen molar-refractivity contribution in [2.75, 3.05) is 0 Å². The van der Waals surface area contributed by atoms with Gasteiger partial charge in [-0.15, -0.1) is 16.4 Å². The Hall–Kier alpha value is -2.95. The minimum Gasteiger partial charge on any atom is -0.264 e. The molecule has 10 heteroatoms. The zero-order valence-electron chi connectivity index (χ0n) is 14.7. The first kappa shape index (κ1) is 18.4. The highest BCUT2D eigenvalue weighted by atomic mass is 32.2. The van der Waals surface area contributed by atoms with Crippen molar-refractivity contribution in [3.05, 3.63) is 83.1 Å². The van der Waals surface area contributed by atoms with Crippen LogP contribution >= 0.6 is 11.3 Å². The molecule has 0 N–H and O–H groups in total. The Bertz CT molecular complexity index is 1110. The van der Waals surface area contributed by atoms with Gasteiger partial charge < -0.3 is 0 Å². The van der Waals surface area contributed by atoms with Crippen molar-refractivity contribution in [3.8, 4) is 5.69 Å². The van der Waals surface area contributed by atoms with Gasteiger partial charge in [-0.25, -0.2) is 13.1 Å². The summed E-state index contributed by atoms with van der Waals surface area (Å²) < 4.78 is 29.6. The first-order valence-corrected chi connectivity index (χ1v) is 10.7. The van der Waals surface area contributed by atoms with Crippen molar-refractivity contribution in [2.24, 2.45) is 0 Å². The van der Waals surface area contributed by atoms with Crippen LogP contribution in [0.3, 0.4) is 0 Å². The van der Waals surface area contributed by atoms with E-state index in [9.17, 15) is 8.42 Å². The maximum Gasteiger partial charge on any atom is 0.243 e. The van der Waals surface area contributed by atoms with Crippen LogP contribution < -0.4 is 0 Å². The highest BCUT2D eigenvalue weighted by molar-refractivity contribution is 7.89. The molecule has 4 aromatic rings. The topological polar surface area (TPSA) is 93.9 Å². The molecule has 3 aromatic heterocycles. The lowest BCUT2D eigenvalue weighted by Gasteiger charge is -2.22. The Kier molecular flexibility index (Phi) is 5.24.